The van der Waals surface area contributed by atoms with E-state index in [9.17, 15) is 0 Å². The van der Waals surface area contributed by atoms with Gasteiger partial charge >= 0.3 is 0 Å². The number of halogens is 2. The Balaban J connectivity index is 2.63. The van der Waals surface area contributed by atoms with Gasteiger partial charge < -0.3 is 10.1 Å². The first-order valence-corrected chi connectivity index (χ1v) is 7.35. The molecule has 0 saturated carbocycles. The van der Waals surface area contributed by atoms with Gasteiger partial charge in [-0.15, -0.1) is 0 Å². The Morgan fingerprint density at radius 1 is 1.29 bits per heavy atom. The van der Waals surface area contributed by atoms with E-state index in [0.717, 1.165) is 39.3 Å². The number of hydrogen-bond acceptors (Lipinski definition) is 2. The normalized spacial score (nSPS) is 10.9. The molecule has 0 radical (unpaired) electrons. The average molecular weight is 365 g/mol. The van der Waals surface area contributed by atoms with Crippen molar-refractivity contribution in [3.63, 3.8) is 0 Å². The van der Waals surface area contributed by atoms with Crippen LogP contribution in [0.3, 0.4) is 0 Å². The molecule has 2 nitrogen and oxygen atoms in total. The quantitative estimate of drug-likeness (QED) is 0.757. The topological polar surface area (TPSA) is 21.3 Å². The van der Waals surface area contributed by atoms with Crippen molar-refractivity contribution in [3.05, 3.63) is 26.6 Å². The maximum absolute atomic E-state index is 5.40. The summed E-state index contributed by atoms with van der Waals surface area (Å²) in [6.45, 7) is 6.33. The zero-order valence-electron chi connectivity index (χ0n) is 10.5. The summed E-state index contributed by atoms with van der Waals surface area (Å²) in [7, 11) is 1.70. The highest BCUT2D eigenvalue weighted by molar-refractivity contribution is 9.11. The molecule has 0 atom stereocenters. The number of ether oxygens (including phenoxy) is 1. The molecule has 17 heavy (non-hydrogen) atoms. The van der Waals surface area contributed by atoms with Gasteiger partial charge in [-0.2, -0.15) is 0 Å². The summed E-state index contributed by atoms with van der Waals surface area (Å²) in [5.74, 6) is 1.64. The van der Waals surface area contributed by atoms with Crippen LogP contribution in [0.15, 0.2) is 21.1 Å². The fraction of sp³-hybridized carbons (Fsp3) is 0.538. The summed E-state index contributed by atoms with van der Waals surface area (Å²) in [5.41, 5.74) is 1.16. The van der Waals surface area contributed by atoms with E-state index >= 15 is 0 Å². The minimum atomic E-state index is 0.735. The lowest BCUT2D eigenvalue weighted by Gasteiger charge is -2.12. The Bertz CT molecular complexity index is 367. The van der Waals surface area contributed by atoms with Gasteiger partial charge in [0.2, 0.25) is 0 Å². The summed E-state index contributed by atoms with van der Waals surface area (Å²) in [5, 5.41) is 3.44. The fourth-order valence-electron chi connectivity index (χ4n) is 1.59. The van der Waals surface area contributed by atoms with Gasteiger partial charge in [0.1, 0.15) is 5.75 Å². The zero-order valence-corrected chi connectivity index (χ0v) is 13.7. The number of rotatable bonds is 6. The van der Waals surface area contributed by atoms with E-state index in [-0.39, 0.29) is 0 Å². The molecule has 0 fully saturated rings. The molecule has 0 aliphatic heterocycles. The van der Waals surface area contributed by atoms with E-state index in [1.165, 1.54) is 6.42 Å². The number of hydrogen-bond donors (Lipinski definition) is 1. The predicted octanol–water partition coefficient (Wildman–Crippen LogP) is 4.36. The van der Waals surface area contributed by atoms with Gasteiger partial charge in [0, 0.05) is 16.6 Å². The van der Waals surface area contributed by atoms with Gasteiger partial charge in [-0.1, -0.05) is 29.8 Å². The Morgan fingerprint density at radius 2 is 2.00 bits per heavy atom. The highest BCUT2D eigenvalue weighted by atomic mass is 79.9. The average Bonchev–Trinajstić information content (AvgIpc) is 2.23. The van der Waals surface area contributed by atoms with Crippen LogP contribution in [0.1, 0.15) is 25.8 Å². The summed E-state index contributed by atoms with van der Waals surface area (Å²) >= 11 is 7.00. The zero-order chi connectivity index (χ0) is 12.8. The summed E-state index contributed by atoms with van der Waals surface area (Å²) in [6.07, 6.45) is 1.19. The molecule has 0 saturated heterocycles. The molecule has 1 aromatic carbocycles. The lowest BCUT2D eigenvalue weighted by atomic mass is 10.1. The smallest absolute Gasteiger partial charge is 0.137 e. The van der Waals surface area contributed by atoms with Crippen molar-refractivity contribution in [2.75, 3.05) is 13.7 Å². The minimum absolute atomic E-state index is 0.735. The van der Waals surface area contributed by atoms with Gasteiger partial charge in [0.05, 0.1) is 11.6 Å². The van der Waals surface area contributed by atoms with Crippen molar-refractivity contribution in [2.24, 2.45) is 5.92 Å². The molecule has 0 spiro atoms. The molecule has 0 bridgehead atoms. The standard InChI is InChI=1S/C13H19Br2NO/c1-9(2)4-5-16-8-10-6-11(14)7-12(15)13(10)17-3/h6-7,9,16H,4-5,8H2,1-3H3. The van der Waals surface area contributed by atoms with E-state index < -0.39 is 0 Å². The second kappa shape index (κ2) is 7.39. The van der Waals surface area contributed by atoms with Gasteiger partial charge in [-0.05, 0) is 46.9 Å². The fourth-order valence-corrected chi connectivity index (χ4v) is 3.06. The van der Waals surface area contributed by atoms with Crippen molar-refractivity contribution in [1.82, 2.24) is 5.32 Å². The van der Waals surface area contributed by atoms with Crippen LogP contribution >= 0.6 is 31.9 Å². The van der Waals surface area contributed by atoms with Crippen LogP contribution in [-0.2, 0) is 6.54 Å². The first-order valence-electron chi connectivity index (χ1n) is 5.77. The van der Waals surface area contributed by atoms with Crippen LogP contribution in [0.4, 0.5) is 0 Å². The van der Waals surface area contributed by atoms with Crippen LogP contribution in [0, 0.1) is 5.92 Å². The van der Waals surface area contributed by atoms with Crippen LogP contribution in [0.5, 0.6) is 5.75 Å². The van der Waals surface area contributed by atoms with Crippen LogP contribution in [0.2, 0.25) is 0 Å². The monoisotopic (exact) mass is 363 g/mol. The number of nitrogens with one attached hydrogen (secondary N) is 1. The number of methoxy groups -OCH3 is 1. The van der Waals surface area contributed by atoms with Crippen molar-refractivity contribution < 1.29 is 4.74 Å². The molecule has 1 aromatic rings. The first kappa shape index (κ1) is 15.0. The third kappa shape index (κ3) is 4.98. The number of benzene rings is 1. The van der Waals surface area contributed by atoms with E-state index in [2.05, 4.69) is 57.1 Å². The van der Waals surface area contributed by atoms with Crippen molar-refractivity contribution in [3.8, 4) is 5.75 Å². The molecule has 0 heterocycles. The second-order valence-corrected chi connectivity index (χ2v) is 6.21. The van der Waals surface area contributed by atoms with Crippen LogP contribution < -0.4 is 10.1 Å². The van der Waals surface area contributed by atoms with E-state index in [4.69, 9.17) is 4.74 Å². The molecule has 0 unspecified atom stereocenters. The summed E-state index contributed by atoms with van der Waals surface area (Å²) in [4.78, 5) is 0. The largest absolute Gasteiger partial charge is 0.495 e. The molecular weight excluding hydrogens is 346 g/mol. The van der Waals surface area contributed by atoms with Crippen LogP contribution in [-0.4, -0.2) is 13.7 Å². The first-order chi connectivity index (χ1) is 8.04. The van der Waals surface area contributed by atoms with E-state index in [1.54, 1.807) is 7.11 Å². The van der Waals surface area contributed by atoms with E-state index in [1.807, 2.05) is 6.07 Å². The summed E-state index contributed by atoms with van der Waals surface area (Å²) < 4.78 is 7.44. The maximum Gasteiger partial charge on any atom is 0.137 e. The van der Waals surface area contributed by atoms with Crippen molar-refractivity contribution >= 4 is 31.9 Å². The van der Waals surface area contributed by atoms with Gasteiger partial charge in [-0.25, -0.2) is 0 Å². The molecule has 1 N–H and O–H groups in total. The van der Waals surface area contributed by atoms with E-state index in [0.29, 0.717) is 0 Å². The Hall–Kier alpha value is -0.0600. The van der Waals surface area contributed by atoms with Gasteiger partial charge in [-0.3, -0.25) is 0 Å². The third-order valence-corrected chi connectivity index (χ3v) is 3.55. The lowest BCUT2D eigenvalue weighted by Crippen LogP contribution is -2.16. The Morgan fingerprint density at radius 3 is 2.59 bits per heavy atom. The molecule has 0 aliphatic rings. The maximum atomic E-state index is 5.40. The molecule has 4 heteroatoms. The molecule has 96 valence electrons. The molecule has 1 rings (SSSR count). The Labute approximate surface area is 120 Å². The summed E-state index contributed by atoms with van der Waals surface area (Å²) in [6, 6.07) is 4.09. The highest BCUT2D eigenvalue weighted by Gasteiger charge is 2.08. The van der Waals surface area contributed by atoms with Crippen molar-refractivity contribution in [1.29, 1.82) is 0 Å². The van der Waals surface area contributed by atoms with Gasteiger partial charge in [0.25, 0.3) is 0 Å². The van der Waals surface area contributed by atoms with Crippen LogP contribution in [0.25, 0.3) is 0 Å². The minimum Gasteiger partial charge on any atom is -0.495 e. The highest BCUT2D eigenvalue weighted by Crippen LogP contribution is 2.32. The van der Waals surface area contributed by atoms with Gasteiger partial charge in [0.15, 0.2) is 0 Å². The van der Waals surface area contributed by atoms with Crippen molar-refractivity contribution in [2.45, 2.75) is 26.8 Å². The molecule has 0 aromatic heterocycles. The SMILES string of the molecule is COc1c(Br)cc(Br)cc1CNCCC(C)C. The third-order valence-electron chi connectivity index (χ3n) is 2.50. The Kier molecular flexibility index (Phi) is 6.52. The predicted molar refractivity (Wildman–Crippen MR) is 79.6 cm³/mol. The lowest BCUT2D eigenvalue weighted by molar-refractivity contribution is 0.404. The molecule has 0 amide bonds. The molecule has 0 aliphatic carbocycles. The second-order valence-electron chi connectivity index (χ2n) is 4.44. The molecular formula is C13H19Br2NO.